The molecule has 3 rings (SSSR count). The van der Waals surface area contributed by atoms with Crippen LogP contribution in [0.1, 0.15) is 17.0 Å². The molecular weight excluding hydrogens is 310 g/mol. The number of thioether (sulfide) groups is 1. The number of aryl methyl sites for hydroxylation is 1. The zero-order chi connectivity index (χ0) is 15.2. The van der Waals surface area contributed by atoms with E-state index < -0.39 is 10.1 Å². The van der Waals surface area contributed by atoms with E-state index in [0.29, 0.717) is 13.1 Å². The molecule has 21 heavy (non-hydrogen) atoms. The Morgan fingerprint density at radius 3 is 2.86 bits per heavy atom. The van der Waals surface area contributed by atoms with E-state index >= 15 is 0 Å². The first-order valence-electron chi connectivity index (χ1n) is 6.56. The molecule has 2 N–H and O–H groups in total. The van der Waals surface area contributed by atoms with Crippen molar-refractivity contribution in [2.75, 3.05) is 13.1 Å². The summed E-state index contributed by atoms with van der Waals surface area (Å²) in [5, 5.41) is 3.36. The smallest absolute Gasteiger partial charge is 0.294 e. The van der Waals surface area contributed by atoms with Crippen LogP contribution >= 0.6 is 11.8 Å². The maximum Gasteiger partial charge on any atom is 0.294 e. The fourth-order valence-electron chi connectivity index (χ4n) is 2.89. The molecule has 0 aromatic heterocycles. The highest BCUT2D eigenvalue weighted by atomic mass is 32.2. The van der Waals surface area contributed by atoms with Crippen molar-refractivity contribution in [2.24, 2.45) is 0 Å². The van der Waals surface area contributed by atoms with Gasteiger partial charge in [0, 0.05) is 24.3 Å². The maximum absolute atomic E-state index is 11.6. The Morgan fingerprint density at radius 2 is 2.14 bits per heavy atom. The molecule has 2 aliphatic heterocycles. The molecule has 1 aromatic rings. The highest BCUT2D eigenvalue weighted by Crippen LogP contribution is 2.41. The summed E-state index contributed by atoms with van der Waals surface area (Å²) in [6, 6.07) is 4.61. The maximum atomic E-state index is 11.6. The second-order valence-electron chi connectivity index (χ2n) is 5.31. The quantitative estimate of drug-likeness (QED) is 0.802. The fraction of sp³-hybridized carbons (Fsp3) is 0.357. The highest BCUT2D eigenvalue weighted by molar-refractivity contribution is 8.15. The van der Waals surface area contributed by atoms with Gasteiger partial charge in [-0.15, -0.1) is 0 Å². The van der Waals surface area contributed by atoms with Gasteiger partial charge in [0.1, 0.15) is 0 Å². The lowest BCUT2D eigenvalue weighted by Crippen LogP contribution is -2.38. The molecule has 7 heteroatoms. The average Bonchev–Trinajstić information content (AvgIpc) is 2.78. The van der Waals surface area contributed by atoms with Crippen LogP contribution in [0.4, 0.5) is 0 Å². The summed E-state index contributed by atoms with van der Waals surface area (Å²) in [6.45, 7) is 3.28. The fourth-order valence-corrected chi connectivity index (χ4v) is 4.59. The first kappa shape index (κ1) is 14.8. The second kappa shape index (κ2) is 5.24. The van der Waals surface area contributed by atoms with Crippen molar-refractivity contribution in [1.29, 1.82) is 0 Å². The number of benzene rings is 1. The lowest BCUT2D eigenvalue weighted by Gasteiger charge is -2.32. The van der Waals surface area contributed by atoms with Crippen LogP contribution < -0.4 is 5.32 Å². The predicted octanol–water partition coefficient (Wildman–Crippen LogP) is 1.50. The Morgan fingerprint density at radius 1 is 1.38 bits per heavy atom. The van der Waals surface area contributed by atoms with Crippen LogP contribution in [0, 0.1) is 6.92 Å². The third kappa shape index (κ3) is 2.78. The molecule has 0 saturated carbocycles. The van der Waals surface area contributed by atoms with Gasteiger partial charge in [-0.1, -0.05) is 17.8 Å². The Labute approximate surface area is 127 Å². The van der Waals surface area contributed by atoms with Crippen molar-refractivity contribution in [1.82, 2.24) is 5.32 Å². The minimum atomic E-state index is -4.22. The molecule has 2 heterocycles. The first-order chi connectivity index (χ1) is 9.86. The number of nitrogens with one attached hydrogen (secondary N) is 1. The van der Waals surface area contributed by atoms with Crippen molar-refractivity contribution < 1.29 is 17.8 Å². The number of carbonyl (C=O) groups excluding carboxylic acids is 1. The number of fused-ring (bicyclic) bond motifs is 1. The van der Waals surface area contributed by atoms with Gasteiger partial charge in [-0.25, -0.2) is 0 Å². The van der Waals surface area contributed by atoms with Crippen LogP contribution in [0.25, 0.3) is 0 Å². The molecular formula is C14H15NO4S2. The predicted molar refractivity (Wildman–Crippen MR) is 81.1 cm³/mol. The van der Waals surface area contributed by atoms with E-state index in [4.69, 9.17) is 0 Å². The van der Waals surface area contributed by atoms with Crippen molar-refractivity contribution >= 4 is 27.0 Å². The monoisotopic (exact) mass is 325 g/mol. The Hall–Kier alpha value is -1.15. The van der Waals surface area contributed by atoms with E-state index in [1.165, 1.54) is 23.9 Å². The highest BCUT2D eigenvalue weighted by Gasteiger charge is 2.37. The van der Waals surface area contributed by atoms with Crippen LogP contribution in [0.15, 0.2) is 34.7 Å². The number of carbonyl (C=O) groups is 1. The minimum Gasteiger partial charge on any atom is -0.312 e. The lowest BCUT2D eigenvalue weighted by molar-refractivity contribution is -0.106. The Kier molecular flexibility index (Phi) is 3.69. The first-order valence-corrected chi connectivity index (χ1v) is 8.88. The SMILES string of the molecule is Cc1ccc(S(=O)(=O)O)cc1C1CNCC2=CC(=O)SC21. The number of hydrogen-bond acceptors (Lipinski definition) is 5. The van der Waals surface area contributed by atoms with E-state index in [0.717, 1.165) is 16.7 Å². The van der Waals surface area contributed by atoms with Gasteiger partial charge in [-0.3, -0.25) is 9.35 Å². The van der Waals surface area contributed by atoms with E-state index in [1.54, 1.807) is 12.1 Å². The van der Waals surface area contributed by atoms with Crippen molar-refractivity contribution in [2.45, 2.75) is 23.0 Å². The van der Waals surface area contributed by atoms with Gasteiger partial charge in [-0.05, 0) is 41.8 Å². The molecule has 0 spiro atoms. The van der Waals surface area contributed by atoms with Crippen molar-refractivity contribution in [3.63, 3.8) is 0 Å². The number of rotatable bonds is 2. The zero-order valence-corrected chi connectivity index (χ0v) is 13.0. The standard InChI is InChI=1S/C14H15NO4S2/c1-8-2-3-10(21(17,18)19)5-11(8)12-7-15-6-9-4-13(16)20-14(9)12/h2-5,12,14-15H,6-7H2,1H3,(H,17,18,19). The van der Waals surface area contributed by atoms with Gasteiger partial charge >= 0.3 is 0 Å². The van der Waals surface area contributed by atoms with Crippen molar-refractivity contribution in [3.05, 3.63) is 41.0 Å². The topological polar surface area (TPSA) is 83.5 Å². The molecule has 5 nitrogen and oxygen atoms in total. The summed E-state index contributed by atoms with van der Waals surface area (Å²) in [6.07, 6.45) is 1.66. The summed E-state index contributed by atoms with van der Waals surface area (Å²) < 4.78 is 31.9. The molecule has 2 aliphatic rings. The summed E-state index contributed by atoms with van der Waals surface area (Å²) in [5.41, 5.74) is 2.86. The molecule has 1 saturated heterocycles. The minimum absolute atomic E-state index is 0.0168. The number of piperidine rings is 1. The Balaban J connectivity index is 2.04. The summed E-state index contributed by atoms with van der Waals surface area (Å²) in [7, 11) is -4.22. The van der Waals surface area contributed by atoms with Crippen LogP contribution in [-0.4, -0.2) is 36.4 Å². The van der Waals surface area contributed by atoms with E-state index in [2.05, 4.69) is 5.32 Å². The van der Waals surface area contributed by atoms with Gasteiger partial charge in [-0.2, -0.15) is 8.42 Å². The van der Waals surface area contributed by atoms with Crippen LogP contribution in [-0.2, 0) is 14.9 Å². The molecule has 1 fully saturated rings. The molecule has 2 unspecified atom stereocenters. The molecule has 0 amide bonds. The van der Waals surface area contributed by atoms with Gasteiger partial charge in [0.05, 0.1) is 4.90 Å². The third-order valence-electron chi connectivity index (χ3n) is 3.92. The van der Waals surface area contributed by atoms with Crippen molar-refractivity contribution in [3.8, 4) is 0 Å². The van der Waals surface area contributed by atoms with E-state index in [1.807, 2.05) is 6.92 Å². The largest absolute Gasteiger partial charge is 0.312 e. The molecule has 2 atom stereocenters. The van der Waals surface area contributed by atoms with Gasteiger partial charge in [0.2, 0.25) is 5.12 Å². The third-order valence-corrected chi connectivity index (χ3v) is 6.00. The summed E-state index contributed by atoms with van der Waals surface area (Å²) >= 11 is 1.29. The average molecular weight is 325 g/mol. The lowest BCUT2D eigenvalue weighted by atomic mass is 9.86. The molecule has 1 aromatic carbocycles. The molecule has 0 bridgehead atoms. The summed E-state index contributed by atoms with van der Waals surface area (Å²) in [5.74, 6) is 0.0168. The van der Waals surface area contributed by atoms with Gasteiger partial charge in [0.15, 0.2) is 0 Å². The van der Waals surface area contributed by atoms with E-state index in [9.17, 15) is 17.8 Å². The molecule has 112 valence electrons. The van der Waals surface area contributed by atoms with Crippen LogP contribution in [0.3, 0.4) is 0 Å². The molecule has 0 aliphatic carbocycles. The normalized spacial score (nSPS) is 25.6. The Bertz CT molecular complexity index is 739. The zero-order valence-electron chi connectivity index (χ0n) is 11.4. The van der Waals surface area contributed by atoms with Crippen LogP contribution in [0.2, 0.25) is 0 Å². The second-order valence-corrected chi connectivity index (χ2v) is 7.88. The summed E-state index contributed by atoms with van der Waals surface area (Å²) in [4.78, 5) is 11.5. The molecule has 0 radical (unpaired) electrons. The van der Waals surface area contributed by atoms with Gasteiger partial charge in [0.25, 0.3) is 10.1 Å². The number of hydrogen-bond donors (Lipinski definition) is 2. The van der Waals surface area contributed by atoms with Crippen LogP contribution in [0.5, 0.6) is 0 Å². The van der Waals surface area contributed by atoms with E-state index in [-0.39, 0.29) is 21.2 Å². The van der Waals surface area contributed by atoms with Gasteiger partial charge < -0.3 is 5.32 Å².